The molecule has 10 nitrogen and oxygen atoms in total. The molecule has 254 valence electrons. The maximum absolute atomic E-state index is 13.6. The van der Waals surface area contributed by atoms with Crippen molar-refractivity contribution in [1.82, 2.24) is 19.9 Å². The Bertz CT molecular complexity index is 2090. The minimum atomic E-state index is -3.58. The molecule has 49 heavy (non-hydrogen) atoms. The van der Waals surface area contributed by atoms with Crippen LogP contribution >= 0.6 is 15.9 Å². The summed E-state index contributed by atoms with van der Waals surface area (Å²) >= 11 is 3.59. The van der Waals surface area contributed by atoms with Crippen LogP contribution in [0.3, 0.4) is 0 Å². The lowest BCUT2D eigenvalue weighted by molar-refractivity contribution is -0.0322. The van der Waals surface area contributed by atoms with Gasteiger partial charge in [0.15, 0.2) is 20.5 Å². The van der Waals surface area contributed by atoms with Crippen molar-refractivity contribution in [3.8, 4) is 11.5 Å². The van der Waals surface area contributed by atoms with Gasteiger partial charge in [0, 0.05) is 41.9 Å². The molecule has 2 atom stereocenters. The van der Waals surface area contributed by atoms with Crippen molar-refractivity contribution in [3.63, 3.8) is 0 Å². The molecule has 0 amide bonds. The highest BCUT2D eigenvalue weighted by Gasteiger charge is 2.45. The van der Waals surface area contributed by atoms with Gasteiger partial charge in [0.25, 0.3) is 0 Å². The Balaban J connectivity index is 1.26. The van der Waals surface area contributed by atoms with Crippen LogP contribution in [0.2, 0.25) is 0 Å². The summed E-state index contributed by atoms with van der Waals surface area (Å²) in [6, 6.07) is 20.3. The van der Waals surface area contributed by atoms with Gasteiger partial charge in [-0.05, 0) is 90.1 Å². The van der Waals surface area contributed by atoms with E-state index < -0.39 is 15.4 Å². The fourth-order valence-corrected chi connectivity index (χ4v) is 7.60. The first-order chi connectivity index (χ1) is 23.6. The Morgan fingerprint density at radius 2 is 1.92 bits per heavy atom. The number of methoxy groups -OCH3 is 1. The molecule has 2 aromatic heterocycles. The number of benzene rings is 3. The number of fused-ring (bicyclic) bond motifs is 1. The number of halogens is 2. The first-order valence-corrected chi connectivity index (χ1v) is 18.0. The summed E-state index contributed by atoms with van der Waals surface area (Å²) in [5.74, 6) is 1.35. The third kappa shape index (κ3) is 7.38. The minimum Gasteiger partial charge on any atom is -0.496 e. The van der Waals surface area contributed by atoms with Gasteiger partial charge in [0.05, 0.1) is 35.2 Å². The molecule has 0 radical (unpaired) electrons. The molecule has 0 saturated heterocycles. The zero-order valence-corrected chi connectivity index (χ0v) is 29.5. The van der Waals surface area contributed by atoms with E-state index in [1.165, 1.54) is 30.7 Å². The Labute approximate surface area is 293 Å². The molecule has 13 heteroatoms. The number of likely N-dealkylation sites (N-methyl/N-ethyl adjacent to an activating group) is 1. The molecule has 1 aliphatic heterocycles. The quantitative estimate of drug-likeness (QED) is 0.133. The number of ether oxygens (including phenoxy) is 3. The Morgan fingerprint density at radius 3 is 2.63 bits per heavy atom. The second-order valence-corrected chi connectivity index (χ2v) is 14.6. The molecule has 1 N–H and O–H groups in total. The van der Waals surface area contributed by atoms with E-state index in [0.29, 0.717) is 33.7 Å². The van der Waals surface area contributed by atoms with Gasteiger partial charge in [0.1, 0.15) is 36.1 Å². The maximum atomic E-state index is 13.6. The van der Waals surface area contributed by atoms with Crippen LogP contribution in [-0.2, 0) is 26.8 Å². The van der Waals surface area contributed by atoms with E-state index in [1.54, 1.807) is 37.6 Å². The summed E-state index contributed by atoms with van der Waals surface area (Å²) in [5.41, 5.74) is 2.02. The largest absolute Gasteiger partial charge is 0.496 e. The fraction of sp³-hybridized carbons (Fsp3) is 0.250. The van der Waals surface area contributed by atoms with Crippen LogP contribution in [-0.4, -0.2) is 60.8 Å². The van der Waals surface area contributed by atoms with Crippen LogP contribution in [0.25, 0.3) is 10.9 Å². The molecular formula is C36H35BrFN5O5S. The lowest BCUT2D eigenvalue weighted by Crippen LogP contribution is -2.48. The Morgan fingerprint density at radius 1 is 1.06 bits per heavy atom. The first kappa shape index (κ1) is 34.3. The van der Waals surface area contributed by atoms with Gasteiger partial charge in [-0.15, -0.1) is 0 Å². The van der Waals surface area contributed by atoms with E-state index >= 15 is 0 Å². The number of aromatic nitrogens is 3. The van der Waals surface area contributed by atoms with Crippen LogP contribution < -0.4 is 14.8 Å². The summed E-state index contributed by atoms with van der Waals surface area (Å²) in [4.78, 5) is 15.1. The van der Waals surface area contributed by atoms with Gasteiger partial charge in [-0.3, -0.25) is 4.90 Å². The Kier molecular flexibility index (Phi) is 10.1. The second kappa shape index (κ2) is 14.5. The molecule has 0 bridgehead atoms. The molecule has 2 unspecified atom stereocenters. The summed E-state index contributed by atoms with van der Waals surface area (Å²) in [6.07, 6.45) is 7.12. The van der Waals surface area contributed by atoms with Crippen molar-refractivity contribution >= 4 is 48.2 Å². The van der Waals surface area contributed by atoms with Crippen LogP contribution in [0.5, 0.6) is 11.5 Å². The molecule has 1 aliphatic rings. The van der Waals surface area contributed by atoms with Crippen molar-refractivity contribution in [2.75, 3.05) is 31.8 Å². The summed E-state index contributed by atoms with van der Waals surface area (Å²) in [6.45, 7) is 2.49. The highest BCUT2D eigenvalue weighted by atomic mass is 79.9. The van der Waals surface area contributed by atoms with Gasteiger partial charge < -0.3 is 19.5 Å². The lowest BCUT2D eigenvalue weighted by atomic mass is 9.82. The average Bonchev–Trinajstić information content (AvgIpc) is 3.61. The maximum Gasteiger partial charge on any atom is 0.196 e. The van der Waals surface area contributed by atoms with E-state index in [-0.39, 0.29) is 35.8 Å². The number of pyridine rings is 1. The van der Waals surface area contributed by atoms with Gasteiger partial charge in [-0.25, -0.2) is 27.8 Å². The van der Waals surface area contributed by atoms with Gasteiger partial charge in [-0.2, -0.15) is 0 Å². The van der Waals surface area contributed by atoms with E-state index in [2.05, 4.69) is 36.2 Å². The van der Waals surface area contributed by atoms with Crippen LogP contribution in [0.15, 0.2) is 107 Å². The average molecular weight is 749 g/mol. The number of nitrogens with zero attached hydrogens (tertiary/aromatic N) is 4. The van der Waals surface area contributed by atoms with Crippen molar-refractivity contribution in [1.29, 1.82) is 0 Å². The van der Waals surface area contributed by atoms with E-state index in [4.69, 9.17) is 14.2 Å². The third-order valence-electron chi connectivity index (χ3n) is 8.69. The normalized spacial score (nSPS) is 16.4. The highest BCUT2D eigenvalue weighted by Crippen LogP contribution is 2.46. The zero-order chi connectivity index (χ0) is 34.6. The van der Waals surface area contributed by atoms with Crippen molar-refractivity contribution in [2.45, 2.75) is 36.6 Å². The summed E-state index contributed by atoms with van der Waals surface area (Å²) in [5, 5.41) is 4.20. The van der Waals surface area contributed by atoms with E-state index in [9.17, 15) is 12.8 Å². The van der Waals surface area contributed by atoms with E-state index in [1.807, 2.05) is 55.3 Å². The first-order valence-electron chi connectivity index (χ1n) is 15.5. The van der Waals surface area contributed by atoms with Crippen molar-refractivity contribution in [2.24, 2.45) is 0 Å². The smallest absolute Gasteiger partial charge is 0.196 e. The number of rotatable bonds is 13. The number of anilines is 2. The van der Waals surface area contributed by atoms with Crippen LogP contribution in [0, 0.1) is 5.82 Å². The molecule has 0 fully saturated rings. The monoisotopic (exact) mass is 747 g/mol. The van der Waals surface area contributed by atoms with Crippen LogP contribution in [0.1, 0.15) is 24.5 Å². The molecule has 3 heterocycles. The predicted octanol–water partition coefficient (Wildman–Crippen LogP) is 7.18. The topological polar surface area (TPSA) is 116 Å². The SMILES string of the molecule is COc1cc2ncnc(Nc3ccc(OCc4cccc(F)c4)c(Br)c3)c2cc1C1(C(C)N(C)CCS(=O)(=O)c2ccccn2)CC=CO1. The van der Waals surface area contributed by atoms with Gasteiger partial charge >= 0.3 is 0 Å². The molecule has 0 saturated carbocycles. The fourth-order valence-electron chi connectivity index (χ4n) is 5.86. The second-order valence-electron chi connectivity index (χ2n) is 11.7. The standard InChI is InChI=1S/C36H35BrFN5O5S/c1-24(43(2)15-17-49(44,45)34-10-4-5-14-39-34)36(13-7-16-48-36)29-20-28-31(21-33(29)46-3)40-23-41-35(28)42-27-11-12-32(30(37)19-27)47-22-25-8-6-9-26(38)18-25/h4-12,14,16,18-21,23-24H,13,15,17,22H2,1-3H3,(H,40,41,42). The van der Waals surface area contributed by atoms with E-state index in [0.717, 1.165) is 22.2 Å². The third-order valence-corrected chi connectivity index (χ3v) is 10.9. The number of sulfone groups is 1. The summed E-state index contributed by atoms with van der Waals surface area (Å²) in [7, 11) is -0.0955. The molecule has 0 aliphatic carbocycles. The molecule has 6 rings (SSSR count). The Hall–Kier alpha value is -4.59. The van der Waals surface area contributed by atoms with Gasteiger partial charge in [0.2, 0.25) is 0 Å². The molecule has 0 spiro atoms. The van der Waals surface area contributed by atoms with Crippen molar-refractivity contribution < 1.29 is 27.0 Å². The lowest BCUT2D eigenvalue weighted by Gasteiger charge is -2.41. The van der Waals surface area contributed by atoms with Crippen LogP contribution in [0.4, 0.5) is 15.9 Å². The number of hydrogen-bond donors (Lipinski definition) is 1. The molecule has 3 aromatic carbocycles. The van der Waals surface area contributed by atoms with Gasteiger partial charge in [-0.1, -0.05) is 18.2 Å². The highest BCUT2D eigenvalue weighted by molar-refractivity contribution is 9.10. The summed E-state index contributed by atoms with van der Waals surface area (Å²) < 4.78 is 58.5. The molecule has 5 aromatic rings. The predicted molar refractivity (Wildman–Crippen MR) is 189 cm³/mol. The minimum absolute atomic E-state index is 0.0545. The molecular weight excluding hydrogens is 713 g/mol. The van der Waals surface area contributed by atoms with Crippen molar-refractivity contribution in [3.05, 3.63) is 119 Å². The number of hydrogen-bond acceptors (Lipinski definition) is 10. The zero-order valence-electron chi connectivity index (χ0n) is 27.1. The number of nitrogens with one attached hydrogen (secondary N) is 1.